The van der Waals surface area contributed by atoms with Crippen LogP contribution in [0.25, 0.3) is 6.08 Å². The number of nitro groups is 2. The Balaban J connectivity index is 1.69. The molecule has 0 saturated carbocycles. The number of anilines is 1. The van der Waals surface area contributed by atoms with Gasteiger partial charge < -0.3 is 15.2 Å². The summed E-state index contributed by atoms with van der Waals surface area (Å²) in [5, 5.41) is 35.7. The normalized spacial score (nSPS) is 14.6. The molecule has 2 heterocycles. The van der Waals surface area contributed by atoms with Gasteiger partial charge in [-0.25, -0.2) is 4.99 Å². The zero-order valence-electron chi connectivity index (χ0n) is 22.7. The van der Waals surface area contributed by atoms with Crippen LogP contribution in [0.15, 0.2) is 87.8 Å². The lowest BCUT2D eigenvalue weighted by molar-refractivity contribution is -0.396. The number of aromatic hydroxyl groups is 1. The average Bonchev–Trinajstić information content (AvgIpc) is 3.27. The molecule has 2 N–H and O–H groups in total. The number of phenols is 1. The molecule has 43 heavy (non-hydrogen) atoms. The fraction of sp³-hybridized carbons (Fsp3) is 0.138. The van der Waals surface area contributed by atoms with Crippen LogP contribution in [0.3, 0.4) is 0 Å². The molecule has 13 nitrogen and oxygen atoms in total. The molecule has 3 aromatic carbocycles. The molecule has 4 aromatic rings. The molecule has 1 aliphatic heterocycles. The number of nitro benzene ring substituents is 2. The molecule has 5 rings (SSSR count). The third-order valence-corrected chi connectivity index (χ3v) is 7.57. The predicted octanol–water partition coefficient (Wildman–Crippen LogP) is 3.79. The van der Waals surface area contributed by atoms with Crippen LogP contribution >= 0.6 is 11.3 Å². The quantitative estimate of drug-likeness (QED) is 0.226. The number of para-hydroxylation sites is 1. The molecular formula is C29H23N5O8S. The summed E-state index contributed by atoms with van der Waals surface area (Å²) >= 11 is 0.956. The van der Waals surface area contributed by atoms with Gasteiger partial charge in [0.2, 0.25) is 0 Å². The lowest BCUT2D eigenvalue weighted by atomic mass is 9.95. The Morgan fingerprint density at radius 1 is 1.09 bits per heavy atom. The number of benzene rings is 3. The maximum atomic E-state index is 13.9. The number of nitrogens with one attached hydrogen (secondary N) is 1. The Labute approximate surface area is 246 Å². The topological polar surface area (TPSA) is 179 Å². The number of allylic oxidation sites excluding steroid dienone is 1. The van der Waals surface area contributed by atoms with Crippen molar-refractivity contribution in [2.45, 2.75) is 19.9 Å². The maximum Gasteiger partial charge on any atom is 0.318 e. The standard InChI is InChI=1S/C29H23N5O8S/c1-3-42-20-11-9-18(10-12-20)25-24(27(36)31-19-7-5-4-6-8-19)16(2)30-29-32(25)28(37)23(43-29)15-17-13-21(33(38)39)26(35)22(14-17)34(40)41/h4-15,25,35H,3H2,1-2H3,(H,31,36)/b23-15-/t25-/m0/s1. The van der Waals surface area contributed by atoms with Crippen LogP contribution in [-0.2, 0) is 4.79 Å². The van der Waals surface area contributed by atoms with Crippen LogP contribution < -0.4 is 24.9 Å². The van der Waals surface area contributed by atoms with Crippen LogP contribution in [0.5, 0.6) is 11.5 Å². The summed E-state index contributed by atoms with van der Waals surface area (Å²) in [6.07, 6.45) is 1.25. The van der Waals surface area contributed by atoms with Crippen molar-refractivity contribution in [2.75, 3.05) is 11.9 Å². The number of hydrogen-bond donors (Lipinski definition) is 2. The molecule has 0 radical (unpaired) electrons. The van der Waals surface area contributed by atoms with Crippen LogP contribution in [0, 0.1) is 20.2 Å². The number of aromatic nitrogens is 1. The summed E-state index contributed by atoms with van der Waals surface area (Å²) < 4.78 is 6.96. The van der Waals surface area contributed by atoms with Gasteiger partial charge in [0.15, 0.2) is 4.80 Å². The highest BCUT2D eigenvalue weighted by Crippen LogP contribution is 2.37. The molecule has 0 unspecified atom stereocenters. The minimum atomic E-state index is -1.09. The van der Waals surface area contributed by atoms with Gasteiger partial charge in [-0.05, 0) is 55.3 Å². The van der Waals surface area contributed by atoms with Crippen molar-refractivity contribution in [3.63, 3.8) is 0 Å². The summed E-state index contributed by atoms with van der Waals surface area (Å²) in [4.78, 5) is 53.3. The van der Waals surface area contributed by atoms with E-state index in [0.29, 0.717) is 29.3 Å². The van der Waals surface area contributed by atoms with E-state index in [9.17, 15) is 34.9 Å². The number of rotatable bonds is 8. The highest BCUT2D eigenvalue weighted by Gasteiger charge is 2.33. The van der Waals surface area contributed by atoms with Crippen molar-refractivity contribution in [3.05, 3.63) is 129 Å². The number of nitrogens with zero attached hydrogens (tertiary/aromatic N) is 4. The maximum absolute atomic E-state index is 13.9. The fourth-order valence-corrected chi connectivity index (χ4v) is 5.75. The van der Waals surface area contributed by atoms with Gasteiger partial charge in [0.1, 0.15) is 5.75 Å². The Morgan fingerprint density at radius 3 is 2.30 bits per heavy atom. The first-order valence-corrected chi connectivity index (χ1v) is 13.7. The minimum absolute atomic E-state index is 0.0446. The van der Waals surface area contributed by atoms with E-state index >= 15 is 0 Å². The molecular weight excluding hydrogens is 578 g/mol. The lowest BCUT2D eigenvalue weighted by Crippen LogP contribution is -2.40. The molecule has 0 saturated heterocycles. The van der Waals surface area contributed by atoms with Crippen molar-refractivity contribution in [2.24, 2.45) is 4.99 Å². The smallest absolute Gasteiger partial charge is 0.318 e. The SMILES string of the molecule is CCOc1ccc([C@H]2C(C(=O)Nc3ccccc3)=C(C)N=c3s/c(=C\c4cc([N+](=O)[O-])c(O)c([N+](=O)[O-])c4)c(=O)n32)cc1. The van der Waals surface area contributed by atoms with Gasteiger partial charge in [-0.3, -0.25) is 34.4 Å². The molecule has 0 fully saturated rings. The summed E-state index contributed by atoms with van der Waals surface area (Å²) in [7, 11) is 0. The van der Waals surface area contributed by atoms with Gasteiger partial charge in [-0.1, -0.05) is 41.7 Å². The second-order valence-corrected chi connectivity index (χ2v) is 10.3. The zero-order valence-corrected chi connectivity index (χ0v) is 23.5. The first kappa shape index (κ1) is 28.9. The van der Waals surface area contributed by atoms with Gasteiger partial charge in [-0.15, -0.1) is 0 Å². The van der Waals surface area contributed by atoms with Crippen LogP contribution in [0.1, 0.15) is 31.0 Å². The number of thiazole rings is 1. The largest absolute Gasteiger partial charge is 0.497 e. The average molecular weight is 602 g/mol. The number of amides is 1. The second kappa shape index (κ2) is 11.7. The molecule has 0 spiro atoms. The van der Waals surface area contributed by atoms with Crippen molar-refractivity contribution >= 4 is 40.4 Å². The Bertz CT molecular complexity index is 1950. The molecule has 1 aromatic heterocycles. The number of carbonyl (C=O) groups is 1. The van der Waals surface area contributed by atoms with Gasteiger partial charge >= 0.3 is 11.4 Å². The monoisotopic (exact) mass is 601 g/mol. The molecule has 1 aliphatic rings. The highest BCUT2D eigenvalue weighted by atomic mass is 32.1. The summed E-state index contributed by atoms with van der Waals surface area (Å²) in [6.45, 7) is 3.96. The molecule has 1 amide bonds. The van der Waals surface area contributed by atoms with Gasteiger partial charge in [0.25, 0.3) is 17.2 Å². The molecule has 14 heteroatoms. The lowest BCUT2D eigenvalue weighted by Gasteiger charge is -2.25. The van der Waals surface area contributed by atoms with E-state index in [1.165, 1.54) is 10.6 Å². The number of phenolic OH excluding ortho intramolecular Hbond substituents is 1. The van der Waals surface area contributed by atoms with Crippen LogP contribution in [-0.4, -0.2) is 32.0 Å². The molecule has 0 aliphatic carbocycles. The number of hydrogen-bond acceptors (Lipinski definition) is 10. The van der Waals surface area contributed by atoms with Crippen molar-refractivity contribution in [3.8, 4) is 11.5 Å². The highest BCUT2D eigenvalue weighted by molar-refractivity contribution is 7.07. The van der Waals surface area contributed by atoms with Crippen LogP contribution in [0.4, 0.5) is 17.1 Å². The third-order valence-electron chi connectivity index (χ3n) is 6.59. The van der Waals surface area contributed by atoms with Crippen molar-refractivity contribution < 1.29 is 24.5 Å². The van der Waals surface area contributed by atoms with E-state index in [-0.39, 0.29) is 20.5 Å². The first-order chi connectivity index (χ1) is 20.6. The fourth-order valence-electron chi connectivity index (χ4n) is 4.70. The van der Waals surface area contributed by atoms with Crippen molar-refractivity contribution in [1.82, 2.24) is 4.57 Å². The van der Waals surface area contributed by atoms with Gasteiger partial charge in [-0.2, -0.15) is 0 Å². The Hall–Kier alpha value is -5.63. The van der Waals surface area contributed by atoms with Gasteiger partial charge in [0, 0.05) is 17.8 Å². The molecule has 1 atom stereocenters. The van der Waals surface area contributed by atoms with E-state index in [0.717, 1.165) is 23.5 Å². The first-order valence-electron chi connectivity index (χ1n) is 12.9. The van der Waals surface area contributed by atoms with Gasteiger partial charge in [0.05, 0.1) is 38.3 Å². The molecule has 0 bridgehead atoms. The summed E-state index contributed by atoms with van der Waals surface area (Å²) in [5.41, 5.74) is -0.632. The summed E-state index contributed by atoms with van der Waals surface area (Å²) in [5.74, 6) is -0.954. The number of ether oxygens (including phenoxy) is 1. The molecule has 218 valence electrons. The summed E-state index contributed by atoms with van der Waals surface area (Å²) in [6, 6.07) is 16.7. The van der Waals surface area contributed by atoms with E-state index in [4.69, 9.17) is 4.74 Å². The van der Waals surface area contributed by atoms with E-state index in [1.807, 2.05) is 13.0 Å². The predicted molar refractivity (Wildman–Crippen MR) is 158 cm³/mol. The van der Waals surface area contributed by atoms with E-state index in [2.05, 4.69) is 10.3 Å². The van der Waals surface area contributed by atoms with Crippen molar-refractivity contribution in [1.29, 1.82) is 0 Å². The number of fused-ring (bicyclic) bond motifs is 1. The third kappa shape index (κ3) is 5.63. The minimum Gasteiger partial charge on any atom is -0.497 e. The van der Waals surface area contributed by atoms with E-state index < -0.39 is 44.5 Å². The zero-order chi connectivity index (χ0) is 30.8. The second-order valence-electron chi connectivity index (χ2n) is 9.33. The number of carbonyl (C=O) groups excluding carboxylic acids is 1. The van der Waals surface area contributed by atoms with Crippen LogP contribution in [0.2, 0.25) is 0 Å². The Morgan fingerprint density at radius 2 is 1.72 bits per heavy atom. The van der Waals surface area contributed by atoms with E-state index in [1.54, 1.807) is 55.5 Å². The Kier molecular flexibility index (Phi) is 7.86.